The summed E-state index contributed by atoms with van der Waals surface area (Å²) in [6.07, 6.45) is 1.40. The topological polar surface area (TPSA) is 3.24 Å². The van der Waals surface area contributed by atoms with Crippen LogP contribution in [0.15, 0.2) is 0 Å². The molecule has 2 unspecified atom stereocenters. The average Bonchev–Trinajstić information content (AvgIpc) is 2.37. The molecule has 0 spiro atoms. The first-order chi connectivity index (χ1) is 5.25. The summed E-state index contributed by atoms with van der Waals surface area (Å²) >= 11 is 0. The van der Waals surface area contributed by atoms with Gasteiger partial charge in [-0.05, 0) is 32.4 Å². The van der Waals surface area contributed by atoms with Gasteiger partial charge in [-0.15, -0.1) is 0 Å². The van der Waals surface area contributed by atoms with Gasteiger partial charge in [0, 0.05) is 6.04 Å². The quantitative estimate of drug-likeness (QED) is 0.565. The van der Waals surface area contributed by atoms with Crippen molar-refractivity contribution in [2.24, 2.45) is 5.92 Å². The molecule has 0 saturated carbocycles. The van der Waals surface area contributed by atoms with Crippen molar-refractivity contribution in [1.29, 1.82) is 0 Å². The Hall–Kier alpha value is -0.0400. The summed E-state index contributed by atoms with van der Waals surface area (Å²) in [5.41, 5.74) is 0. The smallest absolute Gasteiger partial charge is 0.00929 e. The molecule has 0 amide bonds. The number of hydrogen-bond acceptors (Lipinski definition) is 1. The molecule has 0 N–H and O–H groups in total. The lowest BCUT2D eigenvalue weighted by atomic mass is 10.1. The highest BCUT2D eigenvalue weighted by molar-refractivity contribution is 4.79. The van der Waals surface area contributed by atoms with Crippen molar-refractivity contribution in [3.05, 3.63) is 0 Å². The first-order valence-electron chi connectivity index (χ1n) is 4.99. The summed E-state index contributed by atoms with van der Waals surface area (Å²) in [6.45, 7) is 13.5. The van der Waals surface area contributed by atoms with Gasteiger partial charge in [-0.3, -0.25) is 0 Å². The van der Waals surface area contributed by atoms with Gasteiger partial charge in [0.05, 0.1) is 0 Å². The van der Waals surface area contributed by atoms with E-state index in [9.17, 15) is 0 Å². The van der Waals surface area contributed by atoms with Crippen LogP contribution in [-0.4, -0.2) is 24.0 Å². The van der Waals surface area contributed by atoms with Crippen LogP contribution in [0.25, 0.3) is 0 Å². The van der Waals surface area contributed by atoms with E-state index in [2.05, 4.69) is 25.7 Å². The highest BCUT2D eigenvalue weighted by atomic mass is 15.2. The summed E-state index contributed by atoms with van der Waals surface area (Å²) in [7, 11) is 0. The fourth-order valence-electron chi connectivity index (χ4n) is 1.62. The minimum atomic E-state index is 0.829. The van der Waals surface area contributed by atoms with Gasteiger partial charge in [0.15, 0.2) is 0 Å². The molecule has 0 aromatic carbocycles. The van der Waals surface area contributed by atoms with Gasteiger partial charge in [-0.2, -0.15) is 0 Å². The zero-order valence-corrected chi connectivity index (χ0v) is 8.72. The van der Waals surface area contributed by atoms with Crippen LogP contribution >= 0.6 is 0 Å². The first kappa shape index (κ1) is 11.0. The second-order valence-electron chi connectivity index (χ2n) is 3.14. The van der Waals surface area contributed by atoms with Crippen LogP contribution in [0.1, 0.15) is 41.0 Å². The fourth-order valence-corrected chi connectivity index (χ4v) is 1.62. The number of rotatable bonds is 1. The third-order valence-corrected chi connectivity index (χ3v) is 2.68. The molecule has 1 aliphatic rings. The van der Waals surface area contributed by atoms with Gasteiger partial charge in [0.2, 0.25) is 0 Å². The molecule has 1 heteroatoms. The molecule has 1 nitrogen and oxygen atoms in total. The minimum Gasteiger partial charge on any atom is -0.301 e. The Balaban J connectivity index is 0.000000461. The maximum Gasteiger partial charge on any atom is 0.00929 e. The second-order valence-corrected chi connectivity index (χ2v) is 3.14. The second kappa shape index (κ2) is 5.59. The van der Waals surface area contributed by atoms with Crippen LogP contribution in [0.3, 0.4) is 0 Å². The summed E-state index contributed by atoms with van der Waals surface area (Å²) in [4.78, 5) is 2.55. The summed E-state index contributed by atoms with van der Waals surface area (Å²) in [5, 5.41) is 0. The predicted molar refractivity (Wildman–Crippen MR) is 51.8 cm³/mol. The molecule has 2 atom stereocenters. The zero-order chi connectivity index (χ0) is 8.85. The Morgan fingerprint density at radius 2 is 1.82 bits per heavy atom. The zero-order valence-electron chi connectivity index (χ0n) is 8.72. The minimum absolute atomic E-state index is 0.829. The average molecular weight is 157 g/mol. The lowest BCUT2D eigenvalue weighted by molar-refractivity contribution is 0.260. The largest absolute Gasteiger partial charge is 0.301 e. The lowest BCUT2D eigenvalue weighted by Crippen LogP contribution is -2.28. The summed E-state index contributed by atoms with van der Waals surface area (Å²) < 4.78 is 0. The molecule has 0 bridgehead atoms. The SMILES string of the molecule is CC.CCN1CCC(C)C1C. The van der Waals surface area contributed by atoms with E-state index in [0.29, 0.717) is 0 Å². The first-order valence-corrected chi connectivity index (χ1v) is 4.99. The van der Waals surface area contributed by atoms with Crippen molar-refractivity contribution in [1.82, 2.24) is 4.90 Å². The Kier molecular flexibility index (Phi) is 5.57. The fraction of sp³-hybridized carbons (Fsp3) is 1.00. The summed E-state index contributed by atoms with van der Waals surface area (Å²) in [6, 6.07) is 0.829. The highest BCUT2D eigenvalue weighted by Crippen LogP contribution is 2.22. The number of hydrogen-bond donors (Lipinski definition) is 0. The van der Waals surface area contributed by atoms with Crippen molar-refractivity contribution in [2.45, 2.75) is 47.1 Å². The monoisotopic (exact) mass is 157 g/mol. The Morgan fingerprint density at radius 1 is 1.27 bits per heavy atom. The Bertz CT molecular complexity index is 90.9. The molecule has 0 radical (unpaired) electrons. The Morgan fingerprint density at radius 3 is 2.00 bits per heavy atom. The van der Waals surface area contributed by atoms with E-state index in [-0.39, 0.29) is 0 Å². The van der Waals surface area contributed by atoms with Crippen LogP contribution in [0.5, 0.6) is 0 Å². The molecule has 0 aliphatic carbocycles. The Labute approximate surface area is 71.8 Å². The molecule has 68 valence electrons. The van der Waals surface area contributed by atoms with Gasteiger partial charge >= 0.3 is 0 Å². The van der Waals surface area contributed by atoms with Crippen LogP contribution in [0.4, 0.5) is 0 Å². The van der Waals surface area contributed by atoms with Crippen molar-refractivity contribution < 1.29 is 0 Å². The van der Waals surface area contributed by atoms with E-state index >= 15 is 0 Å². The molecule has 1 heterocycles. The van der Waals surface area contributed by atoms with Crippen molar-refractivity contribution >= 4 is 0 Å². The van der Waals surface area contributed by atoms with Gasteiger partial charge in [-0.25, -0.2) is 0 Å². The molecule has 1 saturated heterocycles. The third kappa shape index (κ3) is 2.82. The predicted octanol–water partition coefficient (Wildman–Crippen LogP) is 2.76. The number of likely N-dealkylation sites (tertiary alicyclic amines) is 1. The molecular formula is C10H23N. The standard InChI is InChI=1S/C8H17N.C2H6/c1-4-9-6-5-7(2)8(9)3;1-2/h7-8H,4-6H2,1-3H3;1-2H3. The van der Waals surface area contributed by atoms with Crippen LogP contribution in [-0.2, 0) is 0 Å². The van der Waals surface area contributed by atoms with E-state index in [4.69, 9.17) is 0 Å². The molecular weight excluding hydrogens is 134 g/mol. The van der Waals surface area contributed by atoms with Crippen molar-refractivity contribution in [2.75, 3.05) is 13.1 Å². The van der Waals surface area contributed by atoms with E-state index < -0.39 is 0 Å². The van der Waals surface area contributed by atoms with Gasteiger partial charge in [0.25, 0.3) is 0 Å². The molecule has 1 fully saturated rings. The van der Waals surface area contributed by atoms with Crippen LogP contribution < -0.4 is 0 Å². The van der Waals surface area contributed by atoms with E-state index in [0.717, 1.165) is 12.0 Å². The lowest BCUT2D eigenvalue weighted by Gasteiger charge is -2.20. The van der Waals surface area contributed by atoms with Crippen LogP contribution in [0.2, 0.25) is 0 Å². The molecule has 1 aliphatic heterocycles. The van der Waals surface area contributed by atoms with Gasteiger partial charge in [-0.1, -0.05) is 27.7 Å². The van der Waals surface area contributed by atoms with E-state index in [1.54, 1.807) is 0 Å². The molecule has 0 aromatic heterocycles. The van der Waals surface area contributed by atoms with Gasteiger partial charge < -0.3 is 4.90 Å². The highest BCUT2D eigenvalue weighted by Gasteiger charge is 2.25. The number of nitrogens with zero attached hydrogens (tertiary/aromatic N) is 1. The third-order valence-electron chi connectivity index (χ3n) is 2.68. The van der Waals surface area contributed by atoms with E-state index in [1.807, 2.05) is 13.8 Å². The maximum absolute atomic E-state index is 2.55. The molecule has 1 rings (SSSR count). The van der Waals surface area contributed by atoms with Crippen LogP contribution in [0, 0.1) is 5.92 Å². The van der Waals surface area contributed by atoms with Crippen molar-refractivity contribution in [3.8, 4) is 0 Å². The summed E-state index contributed by atoms with van der Waals surface area (Å²) in [5.74, 6) is 0.921. The molecule has 11 heavy (non-hydrogen) atoms. The van der Waals surface area contributed by atoms with Gasteiger partial charge in [0.1, 0.15) is 0 Å². The normalized spacial score (nSPS) is 31.4. The molecule has 0 aromatic rings. The van der Waals surface area contributed by atoms with E-state index in [1.165, 1.54) is 19.5 Å². The maximum atomic E-state index is 2.55. The van der Waals surface area contributed by atoms with Crippen molar-refractivity contribution in [3.63, 3.8) is 0 Å².